The van der Waals surface area contributed by atoms with Crippen molar-refractivity contribution in [3.05, 3.63) is 52.3 Å². The van der Waals surface area contributed by atoms with Crippen LogP contribution < -0.4 is 10.5 Å². The minimum absolute atomic E-state index is 0.0683. The Hall–Kier alpha value is -1.40. The van der Waals surface area contributed by atoms with E-state index in [4.69, 9.17) is 10.5 Å². The predicted octanol–water partition coefficient (Wildman–Crippen LogP) is 3.88. The van der Waals surface area contributed by atoms with Crippen molar-refractivity contribution in [1.29, 1.82) is 0 Å². The third-order valence-corrected chi connectivity index (χ3v) is 4.75. The van der Waals surface area contributed by atoms with Crippen LogP contribution in [0, 0.1) is 5.82 Å². The zero-order valence-corrected chi connectivity index (χ0v) is 13.8. The quantitative estimate of drug-likeness (QED) is 0.811. The van der Waals surface area contributed by atoms with Crippen LogP contribution in [0.3, 0.4) is 0 Å². The van der Waals surface area contributed by atoms with E-state index < -0.39 is 16.6 Å². The molecule has 0 saturated heterocycles. The molecule has 1 atom stereocenters. The first-order valence-corrected chi connectivity index (χ1v) is 8.47. The van der Waals surface area contributed by atoms with Gasteiger partial charge in [0.1, 0.15) is 11.6 Å². The number of ether oxygens (including phenoxy) is 1. The molecule has 0 amide bonds. The molecule has 2 rings (SSSR count). The first kappa shape index (κ1) is 16.0. The second-order valence-electron chi connectivity index (χ2n) is 4.36. The van der Waals surface area contributed by atoms with Crippen molar-refractivity contribution in [3.8, 4) is 5.75 Å². The highest BCUT2D eigenvalue weighted by Gasteiger charge is 2.13. The van der Waals surface area contributed by atoms with Crippen molar-refractivity contribution >= 4 is 32.4 Å². The Morgan fingerprint density at radius 3 is 2.71 bits per heavy atom. The minimum atomic E-state index is -1.44. The maximum absolute atomic E-state index is 13.8. The highest BCUT2D eigenvalue weighted by Crippen LogP contribution is 2.26. The van der Waals surface area contributed by atoms with Crippen LogP contribution in [0.4, 0.5) is 10.1 Å². The van der Waals surface area contributed by atoms with Gasteiger partial charge in [0.25, 0.3) is 0 Å². The zero-order valence-electron chi connectivity index (χ0n) is 11.4. The molecule has 6 heteroatoms. The molecule has 2 N–H and O–H groups in total. The van der Waals surface area contributed by atoms with E-state index in [1.165, 1.54) is 6.07 Å². The summed E-state index contributed by atoms with van der Waals surface area (Å²) < 4.78 is 32.2. The van der Waals surface area contributed by atoms with Gasteiger partial charge >= 0.3 is 0 Å². The lowest BCUT2D eigenvalue weighted by Gasteiger charge is -2.10. The molecule has 2 aromatic rings. The molecule has 0 heterocycles. The van der Waals surface area contributed by atoms with Crippen molar-refractivity contribution < 1.29 is 13.3 Å². The van der Waals surface area contributed by atoms with Gasteiger partial charge in [0.15, 0.2) is 0 Å². The van der Waals surface area contributed by atoms with Gasteiger partial charge in [-0.3, -0.25) is 4.21 Å². The fourth-order valence-corrected chi connectivity index (χ4v) is 3.41. The van der Waals surface area contributed by atoms with Gasteiger partial charge in [-0.1, -0.05) is 22.0 Å². The van der Waals surface area contributed by atoms with Gasteiger partial charge in [-0.2, -0.15) is 0 Å². The molecule has 0 radical (unpaired) electrons. The van der Waals surface area contributed by atoms with Crippen molar-refractivity contribution in [2.45, 2.75) is 17.6 Å². The summed E-state index contributed by atoms with van der Waals surface area (Å²) in [6.07, 6.45) is 0. The molecule has 3 nitrogen and oxygen atoms in total. The topological polar surface area (TPSA) is 52.3 Å². The number of benzene rings is 2. The van der Waals surface area contributed by atoms with Gasteiger partial charge in [-0.05, 0) is 37.3 Å². The summed E-state index contributed by atoms with van der Waals surface area (Å²) in [5, 5.41) is 0. The Bertz CT molecular complexity index is 679. The molecule has 0 aliphatic heterocycles. The first-order valence-electron chi connectivity index (χ1n) is 6.36. The van der Waals surface area contributed by atoms with E-state index in [9.17, 15) is 8.60 Å². The molecule has 0 aliphatic carbocycles. The minimum Gasteiger partial charge on any atom is -0.494 e. The molecule has 0 saturated carbocycles. The summed E-state index contributed by atoms with van der Waals surface area (Å²) in [7, 11) is -1.44. The second kappa shape index (κ2) is 7.04. The van der Waals surface area contributed by atoms with Crippen molar-refractivity contribution in [1.82, 2.24) is 0 Å². The van der Waals surface area contributed by atoms with Gasteiger partial charge in [0.05, 0.1) is 28.1 Å². The Labute approximate surface area is 133 Å². The Balaban J connectivity index is 2.25. The Kier molecular flexibility index (Phi) is 5.36. The summed E-state index contributed by atoms with van der Waals surface area (Å²) in [4.78, 5) is 0.461. The summed E-state index contributed by atoms with van der Waals surface area (Å²) in [6.45, 7) is 2.38. The van der Waals surface area contributed by atoms with Crippen LogP contribution >= 0.6 is 15.9 Å². The third kappa shape index (κ3) is 4.04. The summed E-state index contributed by atoms with van der Waals surface area (Å²) >= 11 is 3.19. The van der Waals surface area contributed by atoms with Crippen molar-refractivity contribution in [3.63, 3.8) is 0 Å². The summed E-state index contributed by atoms with van der Waals surface area (Å²) in [5.74, 6) is 0.280. The maximum Gasteiger partial charge on any atom is 0.128 e. The third-order valence-electron chi connectivity index (χ3n) is 2.84. The van der Waals surface area contributed by atoms with E-state index >= 15 is 0 Å². The standard InChI is InChI=1S/C15H15BrFNO2S/c1-2-20-12-5-6-14(18)15(8-12)21(19)9-10-3-4-11(16)7-13(10)17/h3-8H,2,9,18H2,1H3. The van der Waals surface area contributed by atoms with E-state index in [0.29, 0.717) is 33.0 Å². The number of nitrogen functional groups attached to an aromatic ring is 1. The lowest BCUT2D eigenvalue weighted by Crippen LogP contribution is -2.03. The zero-order chi connectivity index (χ0) is 15.4. The summed E-state index contributed by atoms with van der Waals surface area (Å²) in [6, 6.07) is 9.70. The van der Waals surface area contributed by atoms with Crippen LogP contribution in [0.15, 0.2) is 45.8 Å². The van der Waals surface area contributed by atoms with E-state index in [2.05, 4.69) is 15.9 Å². The average Bonchev–Trinajstić information content (AvgIpc) is 2.44. The van der Waals surface area contributed by atoms with Crippen molar-refractivity contribution in [2.24, 2.45) is 0 Å². The highest BCUT2D eigenvalue weighted by molar-refractivity contribution is 9.10. The molecule has 21 heavy (non-hydrogen) atoms. The number of anilines is 1. The molecule has 0 aliphatic rings. The van der Waals surface area contributed by atoms with Gasteiger partial charge in [-0.25, -0.2) is 4.39 Å². The summed E-state index contributed by atoms with van der Waals surface area (Å²) in [5.41, 5.74) is 6.65. The first-order chi connectivity index (χ1) is 10.0. The van der Waals surface area contributed by atoms with Crippen LogP contribution in [0.25, 0.3) is 0 Å². The smallest absolute Gasteiger partial charge is 0.128 e. The number of halogens is 2. The fourth-order valence-electron chi connectivity index (χ4n) is 1.83. The largest absolute Gasteiger partial charge is 0.494 e. The van der Waals surface area contributed by atoms with Gasteiger partial charge in [-0.15, -0.1) is 0 Å². The molecule has 2 aromatic carbocycles. The van der Waals surface area contributed by atoms with Gasteiger partial charge in [0.2, 0.25) is 0 Å². The van der Waals surface area contributed by atoms with E-state index in [1.54, 1.807) is 30.3 Å². The molecule has 0 fully saturated rings. The highest BCUT2D eigenvalue weighted by atomic mass is 79.9. The fraction of sp³-hybridized carbons (Fsp3) is 0.200. The number of hydrogen-bond acceptors (Lipinski definition) is 3. The SMILES string of the molecule is CCOc1ccc(N)c(S(=O)Cc2ccc(Br)cc2F)c1. The molecule has 0 spiro atoms. The lowest BCUT2D eigenvalue weighted by atomic mass is 10.2. The maximum atomic E-state index is 13.8. The van der Waals surface area contributed by atoms with Crippen LogP contribution in [0.5, 0.6) is 5.75 Å². The van der Waals surface area contributed by atoms with E-state index in [1.807, 2.05) is 6.92 Å². The predicted molar refractivity (Wildman–Crippen MR) is 86.2 cm³/mol. The number of nitrogens with two attached hydrogens (primary N) is 1. The average molecular weight is 372 g/mol. The van der Waals surface area contributed by atoms with Crippen LogP contribution in [0.1, 0.15) is 12.5 Å². The Morgan fingerprint density at radius 2 is 2.05 bits per heavy atom. The number of rotatable bonds is 5. The van der Waals surface area contributed by atoms with Crippen molar-refractivity contribution in [2.75, 3.05) is 12.3 Å². The molecule has 112 valence electrons. The number of hydrogen-bond donors (Lipinski definition) is 1. The van der Waals surface area contributed by atoms with Crippen LogP contribution in [0.2, 0.25) is 0 Å². The van der Waals surface area contributed by atoms with E-state index in [-0.39, 0.29) is 5.75 Å². The van der Waals surface area contributed by atoms with Gasteiger partial charge < -0.3 is 10.5 Å². The monoisotopic (exact) mass is 371 g/mol. The van der Waals surface area contributed by atoms with E-state index in [0.717, 1.165) is 0 Å². The lowest BCUT2D eigenvalue weighted by molar-refractivity contribution is 0.339. The van der Waals surface area contributed by atoms with Crippen LogP contribution in [-0.4, -0.2) is 10.8 Å². The van der Waals surface area contributed by atoms with Crippen LogP contribution in [-0.2, 0) is 16.6 Å². The molecule has 0 bridgehead atoms. The second-order valence-corrected chi connectivity index (χ2v) is 6.69. The normalized spacial score (nSPS) is 12.1. The molecule has 0 aromatic heterocycles. The Morgan fingerprint density at radius 1 is 1.29 bits per heavy atom. The van der Waals surface area contributed by atoms with Gasteiger partial charge in [0, 0.05) is 15.7 Å². The molecular weight excluding hydrogens is 357 g/mol. The molecule has 1 unspecified atom stereocenters. The molecular formula is C15H15BrFNO2S.